The number of rotatable bonds is 3. The van der Waals surface area contributed by atoms with Crippen molar-refractivity contribution in [3.8, 4) is 0 Å². The highest BCUT2D eigenvalue weighted by Crippen LogP contribution is 2.27. The second-order valence-electron chi connectivity index (χ2n) is 4.00. The van der Waals surface area contributed by atoms with Crippen LogP contribution in [-0.4, -0.2) is 4.98 Å². The van der Waals surface area contributed by atoms with Crippen LogP contribution < -0.4 is 5.32 Å². The molecule has 0 saturated heterocycles. The summed E-state index contributed by atoms with van der Waals surface area (Å²) in [4.78, 5) is 3.85. The molecular formula is C13H10F4N2. The fourth-order valence-electron chi connectivity index (χ4n) is 1.63. The van der Waals surface area contributed by atoms with Crippen LogP contribution in [0.5, 0.6) is 0 Å². The van der Waals surface area contributed by atoms with Crippen LogP contribution in [0.1, 0.15) is 18.5 Å². The first-order chi connectivity index (χ1) is 9.00. The van der Waals surface area contributed by atoms with Crippen LogP contribution in [0.25, 0.3) is 0 Å². The van der Waals surface area contributed by atoms with Crippen molar-refractivity contribution in [2.45, 2.75) is 13.0 Å². The summed E-state index contributed by atoms with van der Waals surface area (Å²) in [6.45, 7) is 1.60. The molecule has 2 rings (SSSR count). The second-order valence-corrected chi connectivity index (χ2v) is 4.00. The zero-order chi connectivity index (χ0) is 14.0. The van der Waals surface area contributed by atoms with Gasteiger partial charge in [-0.2, -0.15) is 0 Å². The second kappa shape index (κ2) is 5.26. The molecule has 1 N–H and O–H groups in total. The topological polar surface area (TPSA) is 24.9 Å². The standard InChI is InChI=1S/C13H10F4N2/c1-7(8-3-2-4-18-6-8)19-13-11(16)9(14)5-10(15)12(13)17/h2-7,19H,1H3. The van der Waals surface area contributed by atoms with Gasteiger partial charge in [0, 0.05) is 18.5 Å². The Labute approximate surface area is 107 Å². The highest BCUT2D eigenvalue weighted by molar-refractivity contribution is 5.49. The van der Waals surface area contributed by atoms with E-state index in [2.05, 4.69) is 10.3 Å². The summed E-state index contributed by atoms with van der Waals surface area (Å²) in [5.41, 5.74) is -0.195. The Kier molecular flexibility index (Phi) is 3.69. The molecule has 0 radical (unpaired) electrons. The van der Waals surface area contributed by atoms with Gasteiger partial charge in [-0.25, -0.2) is 17.6 Å². The highest BCUT2D eigenvalue weighted by atomic mass is 19.2. The predicted octanol–water partition coefficient (Wildman–Crippen LogP) is 3.81. The molecule has 100 valence electrons. The zero-order valence-electron chi connectivity index (χ0n) is 9.92. The molecule has 0 aliphatic heterocycles. The molecule has 6 heteroatoms. The third kappa shape index (κ3) is 2.67. The Morgan fingerprint density at radius 1 is 1.11 bits per heavy atom. The molecule has 1 unspecified atom stereocenters. The molecule has 0 aliphatic rings. The number of hydrogen-bond acceptors (Lipinski definition) is 2. The first-order valence-corrected chi connectivity index (χ1v) is 5.50. The Hall–Kier alpha value is -2.11. The summed E-state index contributed by atoms with van der Waals surface area (Å²) in [5.74, 6) is -5.79. The quantitative estimate of drug-likeness (QED) is 0.677. The van der Waals surface area contributed by atoms with Gasteiger partial charge in [0.25, 0.3) is 0 Å². The molecular weight excluding hydrogens is 260 g/mol. The third-order valence-corrected chi connectivity index (χ3v) is 2.66. The molecule has 0 aliphatic carbocycles. The number of nitrogens with zero attached hydrogens (tertiary/aromatic N) is 1. The Morgan fingerprint density at radius 3 is 2.26 bits per heavy atom. The Balaban J connectivity index is 2.34. The van der Waals surface area contributed by atoms with Gasteiger partial charge in [-0.05, 0) is 18.6 Å². The minimum absolute atomic E-state index is 0.171. The van der Waals surface area contributed by atoms with Gasteiger partial charge in [0.05, 0.1) is 6.04 Å². The van der Waals surface area contributed by atoms with E-state index in [1.54, 1.807) is 25.3 Å². The van der Waals surface area contributed by atoms with Gasteiger partial charge in [0.1, 0.15) is 5.69 Å². The number of benzene rings is 1. The third-order valence-electron chi connectivity index (χ3n) is 2.66. The van der Waals surface area contributed by atoms with Gasteiger partial charge in [-0.3, -0.25) is 4.98 Å². The summed E-state index contributed by atoms with van der Waals surface area (Å²) in [5, 5.41) is 2.41. The highest BCUT2D eigenvalue weighted by Gasteiger charge is 2.20. The molecule has 1 aromatic carbocycles. The first kappa shape index (κ1) is 13.3. The molecule has 1 heterocycles. The maximum atomic E-state index is 13.5. The summed E-state index contributed by atoms with van der Waals surface area (Å²) in [6, 6.07) is 2.94. The van der Waals surface area contributed by atoms with Gasteiger partial charge >= 0.3 is 0 Å². The largest absolute Gasteiger partial charge is 0.374 e. The Bertz CT molecular complexity index is 561. The summed E-state index contributed by atoms with van der Waals surface area (Å²) < 4.78 is 53.0. The van der Waals surface area contributed by atoms with Crippen LogP contribution in [0, 0.1) is 23.3 Å². The molecule has 2 aromatic rings. The van der Waals surface area contributed by atoms with Crippen molar-refractivity contribution in [3.05, 3.63) is 59.4 Å². The van der Waals surface area contributed by atoms with Crippen LogP contribution in [0.2, 0.25) is 0 Å². The zero-order valence-corrected chi connectivity index (χ0v) is 9.92. The predicted molar refractivity (Wildman–Crippen MR) is 62.5 cm³/mol. The van der Waals surface area contributed by atoms with Crippen LogP contribution in [-0.2, 0) is 0 Å². The van der Waals surface area contributed by atoms with E-state index < -0.39 is 35.0 Å². The fourth-order valence-corrected chi connectivity index (χ4v) is 1.63. The van der Waals surface area contributed by atoms with Gasteiger partial charge < -0.3 is 5.32 Å². The van der Waals surface area contributed by atoms with E-state index in [9.17, 15) is 17.6 Å². The van der Waals surface area contributed by atoms with Gasteiger partial charge in [-0.1, -0.05) is 6.07 Å². The van der Waals surface area contributed by atoms with Crippen LogP contribution in [0.15, 0.2) is 30.6 Å². The van der Waals surface area contributed by atoms with E-state index in [1.807, 2.05) is 0 Å². The minimum atomic E-state index is -1.45. The first-order valence-electron chi connectivity index (χ1n) is 5.50. The van der Waals surface area contributed by atoms with Crippen LogP contribution in [0.3, 0.4) is 0 Å². The lowest BCUT2D eigenvalue weighted by molar-refractivity contribution is 0.457. The van der Waals surface area contributed by atoms with Crippen molar-refractivity contribution < 1.29 is 17.6 Å². The average Bonchev–Trinajstić information content (AvgIpc) is 2.42. The monoisotopic (exact) mass is 270 g/mol. The lowest BCUT2D eigenvalue weighted by Crippen LogP contribution is -2.11. The van der Waals surface area contributed by atoms with Gasteiger partial charge in [-0.15, -0.1) is 0 Å². The van der Waals surface area contributed by atoms with E-state index >= 15 is 0 Å². The summed E-state index contributed by atoms with van der Waals surface area (Å²) in [6.07, 6.45) is 3.03. The maximum absolute atomic E-state index is 13.5. The van der Waals surface area contributed by atoms with E-state index in [1.165, 1.54) is 6.20 Å². The number of halogens is 4. The average molecular weight is 270 g/mol. The molecule has 0 saturated carbocycles. The molecule has 19 heavy (non-hydrogen) atoms. The number of anilines is 1. The van der Waals surface area contributed by atoms with Crippen LogP contribution in [0.4, 0.5) is 23.2 Å². The summed E-state index contributed by atoms with van der Waals surface area (Å²) >= 11 is 0. The van der Waals surface area contributed by atoms with E-state index in [4.69, 9.17) is 0 Å². The smallest absolute Gasteiger partial charge is 0.185 e. The molecule has 0 bridgehead atoms. The minimum Gasteiger partial charge on any atom is -0.374 e. The van der Waals surface area contributed by atoms with Crippen molar-refractivity contribution >= 4 is 5.69 Å². The number of aromatic nitrogens is 1. The fraction of sp³-hybridized carbons (Fsp3) is 0.154. The normalized spacial score (nSPS) is 12.3. The Morgan fingerprint density at radius 2 is 1.74 bits per heavy atom. The van der Waals surface area contributed by atoms with Crippen molar-refractivity contribution in [1.82, 2.24) is 4.98 Å². The maximum Gasteiger partial charge on any atom is 0.185 e. The van der Waals surface area contributed by atoms with E-state index in [0.29, 0.717) is 5.56 Å². The summed E-state index contributed by atoms with van der Waals surface area (Å²) in [7, 11) is 0. The van der Waals surface area contributed by atoms with Gasteiger partial charge in [0.15, 0.2) is 23.3 Å². The molecule has 1 atom stereocenters. The number of nitrogens with one attached hydrogen (secondary N) is 1. The molecule has 0 fully saturated rings. The SMILES string of the molecule is CC(Nc1c(F)c(F)cc(F)c1F)c1cccnc1. The van der Waals surface area contributed by atoms with Crippen molar-refractivity contribution in [1.29, 1.82) is 0 Å². The molecule has 1 aromatic heterocycles. The number of pyridine rings is 1. The molecule has 2 nitrogen and oxygen atoms in total. The van der Waals surface area contributed by atoms with Crippen molar-refractivity contribution in [3.63, 3.8) is 0 Å². The lowest BCUT2D eigenvalue weighted by Gasteiger charge is -2.16. The van der Waals surface area contributed by atoms with Gasteiger partial charge in [0.2, 0.25) is 0 Å². The number of hydrogen-bond donors (Lipinski definition) is 1. The van der Waals surface area contributed by atoms with E-state index in [-0.39, 0.29) is 6.07 Å². The van der Waals surface area contributed by atoms with Crippen molar-refractivity contribution in [2.75, 3.05) is 5.32 Å². The van der Waals surface area contributed by atoms with E-state index in [0.717, 1.165) is 0 Å². The van der Waals surface area contributed by atoms with Crippen LogP contribution >= 0.6 is 0 Å². The molecule has 0 spiro atoms. The lowest BCUT2D eigenvalue weighted by atomic mass is 10.1. The molecule has 0 amide bonds. The van der Waals surface area contributed by atoms with Crippen molar-refractivity contribution in [2.24, 2.45) is 0 Å².